The Morgan fingerprint density at radius 1 is 1.05 bits per heavy atom. The van der Waals surface area contributed by atoms with E-state index in [1.807, 2.05) is 71.2 Å². The van der Waals surface area contributed by atoms with Crippen molar-refractivity contribution in [3.8, 4) is 22.8 Å². The molecule has 2 heterocycles. The Morgan fingerprint density at radius 2 is 1.76 bits per heavy atom. The van der Waals surface area contributed by atoms with Gasteiger partial charge in [0.2, 0.25) is 5.91 Å². The van der Waals surface area contributed by atoms with Crippen LogP contribution in [0.25, 0.3) is 22.3 Å². The average molecular weight is 513 g/mol. The molecule has 1 aliphatic carbocycles. The number of carbonyl (C=O) groups excluding carboxylic acids is 1. The summed E-state index contributed by atoms with van der Waals surface area (Å²) in [7, 11) is 3.48. The number of likely N-dealkylation sites (N-methyl/N-ethyl adjacent to an activating group) is 1. The molecule has 1 amide bonds. The van der Waals surface area contributed by atoms with Gasteiger partial charge in [0.25, 0.3) is 0 Å². The second-order valence-electron chi connectivity index (χ2n) is 9.46. The average Bonchev–Trinajstić information content (AvgIpc) is 3.35. The molecule has 38 heavy (non-hydrogen) atoms. The van der Waals surface area contributed by atoms with Crippen molar-refractivity contribution in [3.05, 3.63) is 73.1 Å². The Hall–Kier alpha value is -4.24. The number of fused-ring (bicyclic) bond motifs is 1. The molecule has 1 fully saturated rings. The van der Waals surface area contributed by atoms with Gasteiger partial charge in [-0.2, -0.15) is 5.10 Å². The van der Waals surface area contributed by atoms with Crippen molar-refractivity contribution in [2.24, 2.45) is 0 Å². The van der Waals surface area contributed by atoms with E-state index in [9.17, 15) is 4.79 Å². The first kappa shape index (κ1) is 25.4. The van der Waals surface area contributed by atoms with E-state index in [0.29, 0.717) is 12.4 Å². The molecule has 5 rings (SSSR count). The summed E-state index contributed by atoms with van der Waals surface area (Å²) in [6.45, 7) is 0.425. The van der Waals surface area contributed by atoms with E-state index in [1.165, 1.54) is 6.33 Å². The zero-order valence-electron chi connectivity index (χ0n) is 21.7. The number of hydrogen-bond donors (Lipinski definition) is 1. The number of carbonyl (C=O) groups is 1. The minimum absolute atomic E-state index is 0.00229. The van der Waals surface area contributed by atoms with Gasteiger partial charge in [0.15, 0.2) is 5.65 Å². The van der Waals surface area contributed by atoms with Crippen LogP contribution in [0.2, 0.25) is 0 Å². The fourth-order valence-electron chi connectivity index (χ4n) is 4.99. The zero-order valence-corrected chi connectivity index (χ0v) is 21.7. The maximum absolute atomic E-state index is 12.5. The lowest BCUT2D eigenvalue weighted by Crippen LogP contribution is -2.39. The molecule has 0 aliphatic heterocycles. The first-order valence-electron chi connectivity index (χ1n) is 12.8. The zero-order chi connectivity index (χ0) is 26.5. The lowest BCUT2D eigenvalue weighted by atomic mass is 9.90. The molecule has 2 aromatic heterocycles. The van der Waals surface area contributed by atoms with Crippen molar-refractivity contribution < 1.29 is 14.3 Å². The number of methoxy groups -OCH3 is 1. The van der Waals surface area contributed by atoms with Gasteiger partial charge in [-0.05, 0) is 62.1 Å². The fourth-order valence-corrected chi connectivity index (χ4v) is 4.99. The predicted octanol–water partition coefficient (Wildman–Crippen LogP) is 5.01. The molecule has 0 radical (unpaired) electrons. The van der Waals surface area contributed by atoms with Crippen molar-refractivity contribution in [2.75, 3.05) is 26.5 Å². The monoisotopic (exact) mass is 512 g/mol. The molecule has 4 aromatic rings. The number of benzene rings is 2. The minimum Gasteiger partial charge on any atom is -0.457 e. The summed E-state index contributed by atoms with van der Waals surface area (Å²) in [4.78, 5) is 23.1. The third kappa shape index (κ3) is 5.38. The Morgan fingerprint density at radius 3 is 2.47 bits per heavy atom. The largest absolute Gasteiger partial charge is 0.457 e. The molecular weight excluding hydrogens is 480 g/mol. The molecule has 2 N–H and O–H groups in total. The number of hydrogen-bond acceptors (Lipinski definition) is 7. The van der Waals surface area contributed by atoms with E-state index >= 15 is 0 Å². The SMILES string of the molecule is COC/C=C/C(=O)N(C)C1CCC(n2nc(-c3ccc(Oc4ccccc4)cc3)c3c(N)ncnc32)CC1. The maximum atomic E-state index is 12.5. The topological polar surface area (TPSA) is 108 Å². The number of anilines is 1. The maximum Gasteiger partial charge on any atom is 0.246 e. The second-order valence-corrected chi connectivity index (χ2v) is 9.46. The third-order valence-electron chi connectivity index (χ3n) is 7.06. The Kier molecular flexibility index (Phi) is 7.65. The van der Waals surface area contributed by atoms with Gasteiger partial charge >= 0.3 is 0 Å². The van der Waals surface area contributed by atoms with E-state index in [1.54, 1.807) is 19.3 Å². The molecule has 0 unspecified atom stereocenters. The molecule has 0 saturated heterocycles. The number of nitrogens with two attached hydrogens (primary N) is 1. The van der Waals surface area contributed by atoms with Gasteiger partial charge in [-0.3, -0.25) is 4.79 Å². The second kappa shape index (κ2) is 11.4. The van der Waals surface area contributed by atoms with Crippen LogP contribution in [0.3, 0.4) is 0 Å². The molecule has 0 atom stereocenters. The van der Waals surface area contributed by atoms with Gasteiger partial charge in [0, 0.05) is 31.8 Å². The van der Waals surface area contributed by atoms with Crippen molar-refractivity contribution in [3.63, 3.8) is 0 Å². The molecule has 9 nitrogen and oxygen atoms in total. The van der Waals surface area contributed by atoms with Crippen LogP contribution in [0.15, 0.2) is 73.1 Å². The van der Waals surface area contributed by atoms with Crippen LogP contribution >= 0.6 is 0 Å². The summed E-state index contributed by atoms with van der Waals surface area (Å²) in [5.41, 5.74) is 8.72. The molecule has 1 saturated carbocycles. The summed E-state index contributed by atoms with van der Waals surface area (Å²) in [5, 5.41) is 5.75. The lowest BCUT2D eigenvalue weighted by Gasteiger charge is -2.34. The minimum atomic E-state index is -0.00229. The standard InChI is InChI=1S/C29H32N6O3/c1-34(25(36)9-6-18-37-2)21-12-14-22(15-13-21)35-29-26(28(30)31-19-32-29)27(33-35)20-10-16-24(17-11-20)38-23-7-4-3-5-8-23/h3-11,16-17,19,21-22H,12-15,18H2,1-2H3,(H2,30,31,32)/b9-6+. The lowest BCUT2D eigenvalue weighted by molar-refractivity contribution is -0.127. The highest BCUT2D eigenvalue weighted by Crippen LogP contribution is 2.37. The summed E-state index contributed by atoms with van der Waals surface area (Å²) >= 11 is 0. The number of amides is 1. The van der Waals surface area contributed by atoms with E-state index in [-0.39, 0.29) is 18.0 Å². The summed E-state index contributed by atoms with van der Waals surface area (Å²) in [6.07, 6.45) is 8.34. The number of ether oxygens (including phenoxy) is 2. The predicted molar refractivity (Wildman–Crippen MR) is 147 cm³/mol. The molecule has 196 valence electrons. The molecule has 0 bridgehead atoms. The number of nitrogens with zero attached hydrogens (tertiary/aromatic N) is 5. The molecule has 2 aromatic carbocycles. The van der Waals surface area contributed by atoms with Gasteiger partial charge in [-0.15, -0.1) is 0 Å². The van der Waals surface area contributed by atoms with Gasteiger partial charge in [-0.1, -0.05) is 24.3 Å². The van der Waals surface area contributed by atoms with Crippen LogP contribution in [0, 0.1) is 0 Å². The number of rotatable bonds is 8. The highest BCUT2D eigenvalue weighted by atomic mass is 16.5. The van der Waals surface area contributed by atoms with Crippen molar-refractivity contribution in [1.29, 1.82) is 0 Å². The first-order chi connectivity index (χ1) is 18.5. The summed E-state index contributed by atoms with van der Waals surface area (Å²) in [5.74, 6) is 1.92. The number of nitrogen functional groups attached to an aromatic ring is 1. The third-order valence-corrected chi connectivity index (χ3v) is 7.06. The highest BCUT2D eigenvalue weighted by molar-refractivity contribution is 5.98. The van der Waals surface area contributed by atoms with Crippen LogP contribution in [0.4, 0.5) is 5.82 Å². The van der Waals surface area contributed by atoms with Crippen molar-refractivity contribution >= 4 is 22.8 Å². The highest BCUT2D eigenvalue weighted by Gasteiger charge is 2.29. The van der Waals surface area contributed by atoms with E-state index in [4.69, 9.17) is 20.3 Å². The van der Waals surface area contributed by atoms with Crippen LogP contribution in [0.5, 0.6) is 11.5 Å². The van der Waals surface area contributed by atoms with Gasteiger partial charge < -0.3 is 20.1 Å². The molecule has 1 aliphatic rings. The first-order valence-corrected chi connectivity index (χ1v) is 12.8. The van der Waals surface area contributed by atoms with Crippen LogP contribution < -0.4 is 10.5 Å². The van der Waals surface area contributed by atoms with Gasteiger partial charge in [0.1, 0.15) is 29.3 Å². The smallest absolute Gasteiger partial charge is 0.246 e. The molecular formula is C29H32N6O3. The molecule has 0 spiro atoms. The Labute approximate surface area is 221 Å². The normalized spacial score (nSPS) is 17.6. The molecule has 9 heteroatoms. The quantitative estimate of drug-likeness (QED) is 0.331. The number of para-hydroxylation sites is 1. The Balaban J connectivity index is 1.35. The van der Waals surface area contributed by atoms with E-state index in [0.717, 1.165) is 59.5 Å². The summed E-state index contributed by atoms with van der Waals surface area (Å²) < 4.78 is 12.9. The van der Waals surface area contributed by atoms with E-state index < -0.39 is 0 Å². The van der Waals surface area contributed by atoms with Crippen LogP contribution in [0.1, 0.15) is 31.7 Å². The summed E-state index contributed by atoms with van der Waals surface area (Å²) in [6, 6.07) is 17.8. The van der Waals surface area contributed by atoms with Gasteiger partial charge in [0.05, 0.1) is 18.0 Å². The van der Waals surface area contributed by atoms with Crippen LogP contribution in [-0.4, -0.2) is 57.4 Å². The van der Waals surface area contributed by atoms with Crippen molar-refractivity contribution in [1.82, 2.24) is 24.6 Å². The van der Waals surface area contributed by atoms with Crippen molar-refractivity contribution in [2.45, 2.75) is 37.8 Å². The van der Waals surface area contributed by atoms with E-state index in [2.05, 4.69) is 9.97 Å². The Bertz CT molecular complexity index is 1410. The van der Waals surface area contributed by atoms with Crippen LogP contribution in [-0.2, 0) is 9.53 Å². The fraction of sp³-hybridized carbons (Fsp3) is 0.310. The number of aromatic nitrogens is 4. The van der Waals surface area contributed by atoms with Gasteiger partial charge in [-0.25, -0.2) is 14.6 Å².